The summed E-state index contributed by atoms with van der Waals surface area (Å²) in [6, 6.07) is 4.90. The van der Waals surface area contributed by atoms with Gasteiger partial charge in [-0.1, -0.05) is 11.6 Å². The van der Waals surface area contributed by atoms with Gasteiger partial charge in [-0.3, -0.25) is 9.59 Å². The van der Waals surface area contributed by atoms with E-state index in [1.165, 1.54) is 0 Å². The van der Waals surface area contributed by atoms with Crippen LogP contribution in [0.5, 0.6) is 0 Å². The number of anilines is 1. The lowest BCUT2D eigenvalue weighted by Crippen LogP contribution is -2.45. The second kappa shape index (κ2) is 9.35. The predicted octanol–water partition coefficient (Wildman–Crippen LogP) is 1.16. The zero-order valence-electron chi connectivity index (χ0n) is 13.6. The molecule has 0 aromatic heterocycles. The fourth-order valence-electron chi connectivity index (χ4n) is 2.66. The van der Waals surface area contributed by atoms with Gasteiger partial charge in [-0.05, 0) is 18.2 Å². The molecule has 1 aromatic rings. The molecule has 0 unspecified atom stereocenters. The number of amides is 2. The number of carbonyl (C=O) groups is 2. The molecule has 2 aliphatic heterocycles. The van der Waals surface area contributed by atoms with Gasteiger partial charge in [0.05, 0.1) is 30.4 Å². The van der Waals surface area contributed by atoms with E-state index >= 15 is 0 Å². The Hall–Kier alpha value is -1.38. The van der Waals surface area contributed by atoms with Gasteiger partial charge in [0.1, 0.15) is 6.10 Å². The summed E-state index contributed by atoms with van der Waals surface area (Å²) in [4.78, 5) is 26.3. The molecule has 1 aromatic carbocycles. The highest BCUT2D eigenvalue weighted by molar-refractivity contribution is 6.34. The minimum atomic E-state index is -0.521. The number of carbonyl (C=O) groups excluding carboxylic acids is 2. The summed E-state index contributed by atoms with van der Waals surface area (Å²) < 4.78 is 10.6. The van der Waals surface area contributed by atoms with Crippen molar-refractivity contribution in [2.75, 3.05) is 51.3 Å². The van der Waals surface area contributed by atoms with Crippen molar-refractivity contribution >= 4 is 41.5 Å². The lowest BCUT2D eigenvalue weighted by Gasteiger charge is -2.27. The first-order valence-corrected chi connectivity index (χ1v) is 8.33. The summed E-state index contributed by atoms with van der Waals surface area (Å²) in [5.74, 6) is -0.355. The molecule has 0 spiro atoms. The average Bonchev–Trinajstić information content (AvgIpc) is 2.63. The van der Waals surface area contributed by atoms with Crippen molar-refractivity contribution in [2.45, 2.75) is 6.10 Å². The van der Waals surface area contributed by atoms with E-state index in [2.05, 4.69) is 10.6 Å². The summed E-state index contributed by atoms with van der Waals surface area (Å²) in [6.45, 7) is 3.91. The zero-order valence-corrected chi connectivity index (χ0v) is 15.2. The van der Waals surface area contributed by atoms with E-state index in [1.54, 1.807) is 23.1 Å². The molecule has 0 bridgehead atoms. The number of hydrogen-bond donors (Lipinski definition) is 2. The molecule has 2 N–H and O–H groups in total. The first kappa shape index (κ1) is 19.9. The Morgan fingerprint density at radius 2 is 2.00 bits per heavy atom. The normalized spacial score (nSPS) is 20.5. The molecule has 0 radical (unpaired) electrons. The first-order valence-electron chi connectivity index (χ1n) is 7.95. The smallest absolute Gasteiger partial charge is 0.255 e. The topological polar surface area (TPSA) is 79.9 Å². The van der Waals surface area contributed by atoms with Crippen LogP contribution in [-0.4, -0.2) is 68.8 Å². The van der Waals surface area contributed by atoms with E-state index in [9.17, 15) is 9.59 Å². The Balaban J connectivity index is 0.00000225. The Kier molecular flexibility index (Phi) is 7.46. The molecule has 0 aliphatic carbocycles. The van der Waals surface area contributed by atoms with Crippen molar-refractivity contribution in [3.63, 3.8) is 0 Å². The minimum Gasteiger partial charge on any atom is -0.378 e. The Labute approximate surface area is 157 Å². The highest BCUT2D eigenvalue weighted by atomic mass is 35.5. The molecule has 9 heteroatoms. The number of nitrogens with zero attached hydrogens (tertiary/aromatic N) is 1. The van der Waals surface area contributed by atoms with Gasteiger partial charge in [-0.2, -0.15) is 0 Å². The van der Waals surface area contributed by atoms with Crippen LogP contribution in [0, 0.1) is 0 Å². The van der Waals surface area contributed by atoms with Crippen LogP contribution in [0.3, 0.4) is 0 Å². The highest BCUT2D eigenvalue weighted by Gasteiger charge is 2.23. The molecule has 138 valence electrons. The van der Waals surface area contributed by atoms with E-state index in [4.69, 9.17) is 21.1 Å². The molecule has 2 amide bonds. The Bertz CT molecular complexity index is 617. The lowest BCUT2D eigenvalue weighted by molar-refractivity contribution is -0.128. The minimum absolute atomic E-state index is 0. The third kappa shape index (κ3) is 5.05. The monoisotopic (exact) mass is 389 g/mol. The molecular formula is C16H21Cl2N3O4. The van der Waals surface area contributed by atoms with E-state index in [0.29, 0.717) is 55.7 Å². The van der Waals surface area contributed by atoms with Crippen LogP contribution in [0.2, 0.25) is 5.02 Å². The lowest BCUT2D eigenvalue weighted by atomic mass is 10.1. The van der Waals surface area contributed by atoms with Crippen molar-refractivity contribution in [2.24, 2.45) is 0 Å². The van der Waals surface area contributed by atoms with Crippen molar-refractivity contribution in [1.82, 2.24) is 10.2 Å². The second-order valence-corrected chi connectivity index (χ2v) is 6.06. The molecule has 2 heterocycles. The molecule has 1 atom stereocenters. The molecule has 0 saturated carbocycles. The molecule has 25 heavy (non-hydrogen) atoms. The molecule has 2 saturated heterocycles. The van der Waals surface area contributed by atoms with Crippen LogP contribution in [0.4, 0.5) is 5.69 Å². The van der Waals surface area contributed by atoms with E-state index in [1.807, 2.05) is 0 Å². The average molecular weight is 390 g/mol. The molecule has 3 rings (SSSR count). The number of morpholine rings is 2. The Morgan fingerprint density at radius 3 is 2.64 bits per heavy atom. The summed E-state index contributed by atoms with van der Waals surface area (Å²) in [5, 5.41) is 6.18. The quantitative estimate of drug-likeness (QED) is 0.810. The number of rotatable bonds is 3. The SMILES string of the molecule is Cl.O=C(Nc1ccc(C(=O)N2CCOCC2)c(Cl)c1)[C@H]1CNCCO1. The third-order valence-electron chi connectivity index (χ3n) is 3.99. The summed E-state index contributed by atoms with van der Waals surface area (Å²) in [7, 11) is 0. The standard InChI is InChI=1S/C16H20ClN3O4.ClH/c17-13-9-11(19-15(21)14-10-18-3-6-24-14)1-2-12(13)16(22)20-4-7-23-8-5-20;/h1-2,9,14,18H,3-8,10H2,(H,19,21);1H/t14-;/m1./s1. The van der Waals surface area contributed by atoms with E-state index in [-0.39, 0.29) is 24.2 Å². The number of halogens is 2. The predicted molar refractivity (Wildman–Crippen MR) is 96.7 cm³/mol. The van der Waals surface area contributed by atoms with Crippen molar-refractivity contribution in [3.8, 4) is 0 Å². The van der Waals surface area contributed by atoms with Gasteiger partial charge >= 0.3 is 0 Å². The number of benzene rings is 1. The van der Waals surface area contributed by atoms with Gasteiger partial charge in [-0.25, -0.2) is 0 Å². The second-order valence-electron chi connectivity index (χ2n) is 5.65. The number of nitrogens with one attached hydrogen (secondary N) is 2. The van der Waals surface area contributed by atoms with Crippen LogP contribution in [0.15, 0.2) is 18.2 Å². The zero-order chi connectivity index (χ0) is 16.9. The third-order valence-corrected chi connectivity index (χ3v) is 4.30. The summed E-state index contributed by atoms with van der Waals surface area (Å²) in [5.41, 5.74) is 0.963. The molecular weight excluding hydrogens is 369 g/mol. The fourth-order valence-corrected chi connectivity index (χ4v) is 2.92. The molecule has 2 aliphatic rings. The number of hydrogen-bond acceptors (Lipinski definition) is 5. The maximum absolute atomic E-state index is 12.5. The maximum atomic E-state index is 12.5. The van der Waals surface area contributed by atoms with Crippen LogP contribution >= 0.6 is 24.0 Å². The van der Waals surface area contributed by atoms with E-state index in [0.717, 1.165) is 6.54 Å². The van der Waals surface area contributed by atoms with Gasteiger partial charge in [-0.15, -0.1) is 12.4 Å². The van der Waals surface area contributed by atoms with Crippen molar-refractivity contribution in [1.29, 1.82) is 0 Å². The van der Waals surface area contributed by atoms with Crippen LogP contribution in [0.25, 0.3) is 0 Å². The number of ether oxygens (including phenoxy) is 2. The largest absolute Gasteiger partial charge is 0.378 e. The first-order chi connectivity index (χ1) is 11.6. The van der Waals surface area contributed by atoms with E-state index < -0.39 is 6.10 Å². The van der Waals surface area contributed by atoms with Crippen molar-refractivity contribution in [3.05, 3.63) is 28.8 Å². The van der Waals surface area contributed by atoms with Crippen LogP contribution in [0.1, 0.15) is 10.4 Å². The Morgan fingerprint density at radius 1 is 1.24 bits per heavy atom. The van der Waals surface area contributed by atoms with Gasteiger partial charge < -0.3 is 25.0 Å². The maximum Gasteiger partial charge on any atom is 0.255 e. The van der Waals surface area contributed by atoms with Gasteiger partial charge in [0.15, 0.2) is 0 Å². The summed E-state index contributed by atoms with van der Waals surface area (Å²) in [6.07, 6.45) is -0.521. The van der Waals surface area contributed by atoms with Crippen molar-refractivity contribution < 1.29 is 19.1 Å². The highest BCUT2D eigenvalue weighted by Crippen LogP contribution is 2.23. The summed E-state index contributed by atoms with van der Waals surface area (Å²) >= 11 is 6.24. The van der Waals surface area contributed by atoms with Gasteiger partial charge in [0.2, 0.25) is 0 Å². The van der Waals surface area contributed by atoms with Gasteiger partial charge in [0.25, 0.3) is 11.8 Å². The molecule has 7 nitrogen and oxygen atoms in total. The van der Waals surface area contributed by atoms with Gasteiger partial charge in [0, 0.05) is 31.9 Å². The van der Waals surface area contributed by atoms with Crippen LogP contribution < -0.4 is 10.6 Å². The molecule has 2 fully saturated rings. The fraction of sp³-hybridized carbons (Fsp3) is 0.500. The van der Waals surface area contributed by atoms with Crippen LogP contribution in [-0.2, 0) is 14.3 Å².